The van der Waals surface area contributed by atoms with Crippen LogP contribution < -0.4 is 10.6 Å². The summed E-state index contributed by atoms with van der Waals surface area (Å²) in [5.41, 5.74) is -5.22. The zero-order valence-corrected chi connectivity index (χ0v) is 9.71. The van der Waals surface area contributed by atoms with E-state index >= 15 is 0 Å². The molecule has 0 aromatic carbocycles. The van der Waals surface area contributed by atoms with Crippen molar-refractivity contribution in [2.45, 2.75) is 37.2 Å². The monoisotopic (exact) mass is 290 g/mol. The van der Waals surface area contributed by atoms with Gasteiger partial charge < -0.3 is 10.6 Å². The molecule has 110 valence electrons. The average molecular weight is 290 g/mol. The highest BCUT2D eigenvalue weighted by Crippen LogP contribution is 2.51. The van der Waals surface area contributed by atoms with Crippen LogP contribution in [-0.4, -0.2) is 36.9 Å². The van der Waals surface area contributed by atoms with Crippen LogP contribution in [0.25, 0.3) is 0 Å². The molecule has 19 heavy (non-hydrogen) atoms. The van der Waals surface area contributed by atoms with Gasteiger partial charge in [0.15, 0.2) is 5.41 Å². The van der Waals surface area contributed by atoms with E-state index in [-0.39, 0.29) is 19.4 Å². The molecule has 1 saturated carbocycles. The van der Waals surface area contributed by atoms with E-state index in [1.165, 1.54) is 0 Å². The Kier molecular flexibility index (Phi) is 3.04. The van der Waals surface area contributed by atoms with E-state index in [4.69, 9.17) is 0 Å². The van der Waals surface area contributed by atoms with Gasteiger partial charge in [0.1, 0.15) is 5.54 Å². The van der Waals surface area contributed by atoms with Crippen LogP contribution in [0.3, 0.4) is 0 Å². The molecule has 1 saturated heterocycles. The highest BCUT2D eigenvalue weighted by Gasteiger charge is 2.68. The highest BCUT2D eigenvalue weighted by atomic mass is 19.4. The van der Waals surface area contributed by atoms with Gasteiger partial charge in [0.2, 0.25) is 5.91 Å². The number of carbonyl (C=O) groups is 1. The first kappa shape index (κ1) is 14.4. The Morgan fingerprint density at radius 3 is 1.89 bits per heavy atom. The lowest BCUT2D eigenvalue weighted by atomic mass is 9.84. The van der Waals surface area contributed by atoms with Crippen molar-refractivity contribution in [1.82, 2.24) is 10.6 Å². The highest BCUT2D eigenvalue weighted by molar-refractivity contribution is 5.85. The minimum absolute atomic E-state index is 0.0497. The summed E-state index contributed by atoms with van der Waals surface area (Å²) in [6, 6.07) is 0. The Bertz CT molecular complexity index is 378. The summed E-state index contributed by atoms with van der Waals surface area (Å²) < 4.78 is 76.9. The Morgan fingerprint density at radius 1 is 1.00 bits per heavy atom. The zero-order chi connectivity index (χ0) is 14.5. The van der Waals surface area contributed by atoms with Crippen molar-refractivity contribution in [3.63, 3.8) is 0 Å². The molecule has 1 atom stereocenters. The Labute approximate surface area is 104 Å². The second kappa shape index (κ2) is 4.00. The number of carbonyl (C=O) groups excluding carboxylic acids is 1. The zero-order valence-electron chi connectivity index (χ0n) is 9.71. The van der Waals surface area contributed by atoms with Crippen LogP contribution >= 0.6 is 0 Å². The third-order valence-electron chi connectivity index (χ3n) is 3.78. The van der Waals surface area contributed by atoms with Crippen LogP contribution in [0.2, 0.25) is 0 Å². The van der Waals surface area contributed by atoms with E-state index in [1.54, 1.807) is 5.32 Å². The third-order valence-corrected chi connectivity index (χ3v) is 3.78. The average Bonchev–Trinajstić information content (AvgIpc) is 2.86. The smallest absolute Gasteiger partial charge is 0.341 e. The van der Waals surface area contributed by atoms with Gasteiger partial charge in [0.05, 0.1) is 0 Å². The topological polar surface area (TPSA) is 41.1 Å². The number of amides is 1. The Hall–Kier alpha value is -0.990. The van der Waals surface area contributed by atoms with Crippen molar-refractivity contribution in [3.05, 3.63) is 0 Å². The van der Waals surface area contributed by atoms with Crippen LogP contribution in [0.4, 0.5) is 26.3 Å². The molecule has 1 unspecified atom stereocenters. The van der Waals surface area contributed by atoms with Crippen molar-refractivity contribution in [2.24, 2.45) is 5.41 Å². The number of halogens is 6. The molecule has 2 N–H and O–H groups in total. The van der Waals surface area contributed by atoms with Crippen molar-refractivity contribution in [3.8, 4) is 0 Å². The number of rotatable bonds is 2. The van der Waals surface area contributed by atoms with Gasteiger partial charge in [-0.25, -0.2) is 0 Å². The van der Waals surface area contributed by atoms with Crippen molar-refractivity contribution < 1.29 is 31.1 Å². The number of hydrogen-bond acceptors (Lipinski definition) is 2. The van der Waals surface area contributed by atoms with Gasteiger partial charge in [0.25, 0.3) is 0 Å². The maximum Gasteiger partial charge on any atom is 0.411 e. The molecule has 1 amide bonds. The summed E-state index contributed by atoms with van der Waals surface area (Å²) >= 11 is 0. The van der Waals surface area contributed by atoms with Crippen molar-refractivity contribution >= 4 is 5.91 Å². The van der Waals surface area contributed by atoms with Crippen molar-refractivity contribution in [2.75, 3.05) is 13.1 Å². The van der Waals surface area contributed by atoms with E-state index in [9.17, 15) is 31.1 Å². The minimum atomic E-state index is -4.87. The first-order valence-corrected chi connectivity index (χ1v) is 5.71. The molecule has 1 heterocycles. The molecular weight excluding hydrogens is 278 g/mol. The van der Waals surface area contributed by atoms with E-state index in [2.05, 4.69) is 5.32 Å². The summed E-state index contributed by atoms with van der Waals surface area (Å²) in [4.78, 5) is 11.7. The summed E-state index contributed by atoms with van der Waals surface area (Å²) in [6.07, 6.45) is -10.9. The number of hydrogen-bond donors (Lipinski definition) is 2. The molecule has 2 rings (SSSR count). The molecule has 0 radical (unpaired) electrons. The minimum Gasteiger partial charge on any atom is -0.341 e. The van der Waals surface area contributed by atoms with Gasteiger partial charge in [-0.2, -0.15) is 26.3 Å². The molecule has 0 bridgehead atoms. The Balaban J connectivity index is 2.19. The van der Waals surface area contributed by atoms with Crippen LogP contribution in [0, 0.1) is 5.41 Å². The lowest BCUT2D eigenvalue weighted by Gasteiger charge is -2.32. The van der Waals surface area contributed by atoms with Crippen LogP contribution in [0.15, 0.2) is 0 Å². The third kappa shape index (κ3) is 2.17. The van der Waals surface area contributed by atoms with Crippen LogP contribution in [0.1, 0.15) is 19.3 Å². The van der Waals surface area contributed by atoms with Gasteiger partial charge in [-0.1, -0.05) is 0 Å². The fourth-order valence-electron chi connectivity index (χ4n) is 2.20. The fraction of sp³-hybridized carbons (Fsp3) is 0.900. The van der Waals surface area contributed by atoms with Gasteiger partial charge >= 0.3 is 12.4 Å². The van der Waals surface area contributed by atoms with Gasteiger partial charge in [-0.15, -0.1) is 0 Å². The quantitative estimate of drug-likeness (QED) is 0.761. The Morgan fingerprint density at radius 2 is 1.58 bits per heavy atom. The number of alkyl halides is 6. The molecule has 0 spiro atoms. The van der Waals surface area contributed by atoms with Crippen LogP contribution in [0.5, 0.6) is 0 Å². The predicted molar refractivity (Wildman–Crippen MR) is 52.1 cm³/mol. The van der Waals surface area contributed by atoms with E-state index in [0.29, 0.717) is 0 Å². The van der Waals surface area contributed by atoms with E-state index < -0.39 is 42.2 Å². The molecule has 3 nitrogen and oxygen atoms in total. The second-order valence-electron chi connectivity index (χ2n) is 5.04. The molecule has 0 aromatic heterocycles. The first-order chi connectivity index (χ1) is 8.54. The van der Waals surface area contributed by atoms with Gasteiger partial charge in [0, 0.05) is 6.54 Å². The SMILES string of the molecule is O=C(NC1(C(F)(F)F)CC1)C1(C(F)(F)F)CCNC1. The van der Waals surface area contributed by atoms with E-state index in [0.717, 1.165) is 0 Å². The summed E-state index contributed by atoms with van der Waals surface area (Å²) in [7, 11) is 0. The largest absolute Gasteiger partial charge is 0.411 e. The molecule has 0 aromatic rings. The second-order valence-corrected chi connectivity index (χ2v) is 5.04. The number of nitrogens with one attached hydrogen (secondary N) is 2. The standard InChI is InChI=1S/C10H12F6N2O/c11-9(12,13)7(3-4-17-5-7)6(19)18-8(1-2-8)10(14,15)16/h17H,1-5H2,(H,18,19). The predicted octanol–water partition coefficient (Wildman–Crippen LogP) is 1.74. The van der Waals surface area contributed by atoms with Crippen LogP contribution in [-0.2, 0) is 4.79 Å². The maximum absolute atomic E-state index is 13.0. The molecule has 2 fully saturated rings. The van der Waals surface area contributed by atoms with E-state index in [1.807, 2.05) is 0 Å². The first-order valence-electron chi connectivity index (χ1n) is 5.71. The van der Waals surface area contributed by atoms with Gasteiger partial charge in [-0.05, 0) is 25.8 Å². The summed E-state index contributed by atoms with van der Waals surface area (Å²) in [6.45, 7) is -0.734. The van der Waals surface area contributed by atoms with Crippen molar-refractivity contribution in [1.29, 1.82) is 0 Å². The molecular formula is C10H12F6N2O. The molecule has 2 aliphatic rings. The summed E-state index contributed by atoms with van der Waals surface area (Å²) in [5, 5.41) is 3.96. The molecule has 9 heteroatoms. The normalized spacial score (nSPS) is 30.2. The molecule has 1 aliphatic heterocycles. The summed E-state index contributed by atoms with van der Waals surface area (Å²) in [5.74, 6) is -1.58. The molecule has 1 aliphatic carbocycles. The lowest BCUT2D eigenvalue weighted by molar-refractivity contribution is -0.221. The maximum atomic E-state index is 13.0. The lowest BCUT2D eigenvalue weighted by Crippen LogP contribution is -2.58. The van der Waals surface area contributed by atoms with Gasteiger partial charge in [-0.3, -0.25) is 4.79 Å². The fourth-order valence-corrected chi connectivity index (χ4v) is 2.20.